The molecule has 0 amide bonds. The van der Waals surface area contributed by atoms with Gasteiger partial charge in [0.25, 0.3) is 0 Å². The predicted molar refractivity (Wildman–Crippen MR) is 54.9 cm³/mol. The molecule has 0 aliphatic carbocycles. The molecule has 0 radical (unpaired) electrons. The van der Waals surface area contributed by atoms with Gasteiger partial charge >= 0.3 is 0 Å². The predicted octanol–water partition coefficient (Wildman–Crippen LogP) is 2.24. The van der Waals surface area contributed by atoms with Crippen LogP contribution in [0, 0.1) is 18.3 Å². The van der Waals surface area contributed by atoms with Crippen molar-refractivity contribution < 1.29 is 0 Å². The van der Waals surface area contributed by atoms with E-state index in [1.165, 1.54) is 0 Å². The Bertz CT molecular complexity index is 517. The van der Waals surface area contributed by atoms with Crippen LogP contribution in [0.1, 0.15) is 18.2 Å². The number of rotatable bonds is 1. The third kappa shape index (κ3) is 1.16. The van der Waals surface area contributed by atoms with E-state index in [0.29, 0.717) is 5.56 Å². The summed E-state index contributed by atoms with van der Waals surface area (Å²) < 4.78 is 1.95. The van der Waals surface area contributed by atoms with E-state index in [9.17, 15) is 0 Å². The van der Waals surface area contributed by atoms with Gasteiger partial charge in [-0.2, -0.15) is 10.4 Å². The molecule has 0 aliphatic heterocycles. The standard InChI is InChI=1S/C11H11N3/c1-3-14-8(2)10-6-9(7-12)4-5-11(10)13-14/h4-6H,3H2,1-2H3. The van der Waals surface area contributed by atoms with Crippen LogP contribution >= 0.6 is 0 Å². The third-order valence-electron chi connectivity index (χ3n) is 2.43. The van der Waals surface area contributed by atoms with Gasteiger partial charge in [-0.05, 0) is 32.0 Å². The maximum Gasteiger partial charge on any atom is 0.0991 e. The first-order valence-corrected chi connectivity index (χ1v) is 4.63. The van der Waals surface area contributed by atoms with Crippen LogP contribution in [0.15, 0.2) is 18.2 Å². The fraction of sp³-hybridized carbons (Fsp3) is 0.273. The molecule has 0 atom stereocenters. The molecule has 0 bridgehead atoms. The van der Waals surface area contributed by atoms with Crippen LogP contribution in [-0.2, 0) is 6.54 Å². The van der Waals surface area contributed by atoms with Crippen LogP contribution < -0.4 is 0 Å². The Morgan fingerprint density at radius 3 is 2.93 bits per heavy atom. The van der Waals surface area contributed by atoms with Crippen molar-refractivity contribution in [2.75, 3.05) is 0 Å². The molecule has 0 spiro atoms. The Hall–Kier alpha value is -1.82. The largest absolute Gasteiger partial charge is 0.269 e. The van der Waals surface area contributed by atoms with Gasteiger partial charge in [0.05, 0.1) is 17.1 Å². The molecule has 2 aromatic rings. The average molecular weight is 185 g/mol. The maximum atomic E-state index is 8.77. The van der Waals surface area contributed by atoms with E-state index in [2.05, 4.69) is 18.1 Å². The van der Waals surface area contributed by atoms with Crippen LogP contribution in [0.3, 0.4) is 0 Å². The van der Waals surface area contributed by atoms with Crippen molar-refractivity contribution in [3.63, 3.8) is 0 Å². The molecule has 1 aromatic heterocycles. The normalized spacial score (nSPS) is 10.4. The highest BCUT2D eigenvalue weighted by Gasteiger charge is 2.05. The van der Waals surface area contributed by atoms with Crippen molar-refractivity contribution in [2.45, 2.75) is 20.4 Å². The molecule has 70 valence electrons. The van der Waals surface area contributed by atoms with Gasteiger partial charge < -0.3 is 0 Å². The molecule has 3 heteroatoms. The molecule has 0 saturated carbocycles. The van der Waals surface area contributed by atoms with Gasteiger partial charge in [0.2, 0.25) is 0 Å². The van der Waals surface area contributed by atoms with Crippen molar-refractivity contribution in [2.24, 2.45) is 0 Å². The first-order valence-electron chi connectivity index (χ1n) is 4.63. The van der Waals surface area contributed by atoms with Gasteiger partial charge in [-0.25, -0.2) is 0 Å². The zero-order valence-corrected chi connectivity index (χ0v) is 8.28. The van der Waals surface area contributed by atoms with Gasteiger partial charge in [0.15, 0.2) is 0 Å². The van der Waals surface area contributed by atoms with Crippen LogP contribution in [0.25, 0.3) is 10.9 Å². The molecule has 2 rings (SSSR count). The summed E-state index contributed by atoms with van der Waals surface area (Å²) in [5.41, 5.74) is 2.78. The van der Waals surface area contributed by atoms with E-state index < -0.39 is 0 Å². The van der Waals surface area contributed by atoms with Crippen molar-refractivity contribution in [1.29, 1.82) is 5.26 Å². The number of fused-ring (bicyclic) bond motifs is 1. The minimum Gasteiger partial charge on any atom is -0.269 e. The van der Waals surface area contributed by atoms with E-state index in [0.717, 1.165) is 23.1 Å². The summed E-state index contributed by atoms with van der Waals surface area (Å²) in [6.45, 7) is 4.95. The Balaban J connectivity index is 2.75. The van der Waals surface area contributed by atoms with Crippen molar-refractivity contribution in [3.05, 3.63) is 29.5 Å². The SMILES string of the molecule is CCn1nc2ccc(C#N)cc2c1C. The Morgan fingerprint density at radius 1 is 1.50 bits per heavy atom. The second-order valence-corrected chi connectivity index (χ2v) is 3.24. The van der Waals surface area contributed by atoms with Gasteiger partial charge in [0.1, 0.15) is 0 Å². The highest BCUT2D eigenvalue weighted by atomic mass is 15.3. The summed E-state index contributed by atoms with van der Waals surface area (Å²) in [5, 5.41) is 14.3. The topological polar surface area (TPSA) is 41.6 Å². The van der Waals surface area contributed by atoms with E-state index in [1.54, 1.807) is 6.07 Å². The minimum atomic E-state index is 0.691. The van der Waals surface area contributed by atoms with E-state index >= 15 is 0 Å². The van der Waals surface area contributed by atoms with Crippen LogP contribution in [0.4, 0.5) is 0 Å². The minimum absolute atomic E-state index is 0.691. The summed E-state index contributed by atoms with van der Waals surface area (Å²) in [5.74, 6) is 0. The number of hydrogen-bond donors (Lipinski definition) is 0. The van der Waals surface area contributed by atoms with Crippen LogP contribution in [0.5, 0.6) is 0 Å². The fourth-order valence-electron chi connectivity index (χ4n) is 1.63. The molecule has 14 heavy (non-hydrogen) atoms. The summed E-state index contributed by atoms with van der Waals surface area (Å²) in [6, 6.07) is 7.73. The summed E-state index contributed by atoms with van der Waals surface area (Å²) in [7, 11) is 0. The molecule has 0 unspecified atom stereocenters. The molecular weight excluding hydrogens is 174 g/mol. The van der Waals surface area contributed by atoms with E-state index in [4.69, 9.17) is 5.26 Å². The number of hydrogen-bond acceptors (Lipinski definition) is 2. The molecule has 0 aliphatic rings. The molecule has 1 heterocycles. The molecular formula is C11H11N3. The van der Waals surface area contributed by atoms with Gasteiger partial charge in [-0.3, -0.25) is 4.68 Å². The zero-order chi connectivity index (χ0) is 10.1. The Morgan fingerprint density at radius 2 is 2.29 bits per heavy atom. The number of benzene rings is 1. The fourth-order valence-corrected chi connectivity index (χ4v) is 1.63. The lowest BCUT2D eigenvalue weighted by Crippen LogP contribution is -1.97. The van der Waals surface area contributed by atoms with Crippen molar-refractivity contribution in [3.8, 4) is 6.07 Å². The Kier molecular flexibility index (Phi) is 1.97. The zero-order valence-electron chi connectivity index (χ0n) is 8.28. The lowest BCUT2D eigenvalue weighted by Gasteiger charge is -1.96. The number of aromatic nitrogens is 2. The number of nitriles is 1. The summed E-state index contributed by atoms with van der Waals surface area (Å²) in [4.78, 5) is 0. The quantitative estimate of drug-likeness (QED) is 0.683. The summed E-state index contributed by atoms with van der Waals surface area (Å²) >= 11 is 0. The molecule has 0 fully saturated rings. The van der Waals surface area contributed by atoms with Crippen molar-refractivity contribution >= 4 is 10.9 Å². The molecule has 3 nitrogen and oxygen atoms in total. The van der Waals surface area contributed by atoms with E-state index in [-0.39, 0.29) is 0 Å². The molecule has 0 saturated heterocycles. The van der Waals surface area contributed by atoms with Gasteiger partial charge in [0, 0.05) is 17.6 Å². The van der Waals surface area contributed by atoms with E-state index in [1.807, 2.05) is 23.7 Å². The van der Waals surface area contributed by atoms with Gasteiger partial charge in [-0.15, -0.1) is 0 Å². The molecule has 0 N–H and O–H groups in total. The van der Waals surface area contributed by atoms with Crippen LogP contribution in [0.2, 0.25) is 0 Å². The number of aryl methyl sites for hydroxylation is 2. The highest BCUT2D eigenvalue weighted by molar-refractivity contribution is 5.82. The van der Waals surface area contributed by atoms with Crippen molar-refractivity contribution in [1.82, 2.24) is 9.78 Å². The third-order valence-corrected chi connectivity index (χ3v) is 2.43. The smallest absolute Gasteiger partial charge is 0.0991 e. The monoisotopic (exact) mass is 185 g/mol. The summed E-state index contributed by atoms with van der Waals surface area (Å²) in [6.07, 6.45) is 0. The maximum absolute atomic E-state index is 8.77. The van der Waals surface area contributed by atoms with Crippen LogP contribution in [-0.4, -0.2) is 9.78 Å². The lowest BCUT2D eigenvalue weighted by atomic mass is 10.1. The molecule has 1 aromatic carbocycles. The Labute approximate surface area is 82.6 Å². The second-order valence-electron chi connectivity index (χ2n) is 3.24. The second kappa shape index (κ2) is 3.15. The van der Waals surface area contributed by atoms with Gasteiger partial charge in [-0.1, -0.05) is 0 Å². The first kappa shape index (κ1) is 8.76. The average Bonchev–Trinajstić information content (AvgIpc) is 2.55. The highest BCUT2D eigenvalue weighted by Crippen LogP contribution is 2.18. The number of nitrogens with zero attached hydrogens (tertiary/aromatic N) is 3. The first-order chi connectivity index (χ1) is 6.76. The lowest BCUT2D eigenvalue weighted by molar-refractivity contribution is 0.647.